The van der Waals surface area contributed by atoms with Crippen molar-refractivity contribution >= 4 is 12.2 Å². The molecule has 2 saturated heterocycles. The Bertz CT molecular complexity index is 552. The van der Waals surface area contributed by atoms with Crippen LogP contribution < -0.4 is 5.32 Å². The molecule has 0 spiro atoms. The highest BCUT2D eigenvalue weighted by Gasteiger charge is 2.31. The van der Waals surface area contributed by atoms with Gasteiger partial charge in [0, 0.05) is 58.4 Å². The first-order chi connectivity index (χ1) is 13.9. The van der Waals surface area contributed by atoms with Crippen molar-refractivity contribution in [3.8, 4) is 0 Å². The van der Waals surface area contributed by atoms with Crippen LogP contribution in [0, 0.1) is 0 Å². The van der Waals surface area contributed by atoms with Crippen molar-refractivity contribution in [1.82, 2.24) is 20.0 Å². The van der Waals surface area contributed by atoms with Gasteiger partial charge in [0.2, 0.25) is 0 Å². The molecule has 3 aliphatic rings. The van der Waals surface area contributed by atoms with Gasteiger partial charge in [0.25, 0.3) is 0 Å². The second-order valence-electron chi connectivity index (χ2n) is 10.3. The minimum atomic E-state index is -0.387. The highest BCUT2D eigenvalue weighted by Crippen LogP contribution is 2.25. The summed E-state index contributed by atoms with van der Waals surface area (Å²) in [5, 5.41) is 3.18. The number of piperazine rings is 2. The molecule has 0 aromatic heterocycles. The van der Waals surface area contributed by atoms with Crippen LogP contribution >= 0.6 is 0 Å². The predicted octanol–water partition coefficient (Wildman–Crippen LogP) is 2.92. The minimum absolute atomic E-state index is 0.161. The molecule has 3 rings (SSSR count). The van der Waals surface area contributed by atoms with Crippen molar-refractivity contribution in [2.75, 3.05) is 52.4 Å². The molecular weight excluding hydrogens is 384 g/mol. The Morgan fingerprint density at radius 3 is 1.53 bits per heavy atom. The lowest BCUT2D eigenvalue weighted by Gasteiger charge is -2.42. The molecule has 2 aliphatic heterocycles. The minimum Gasteiger partial charge on any atom is -0.444 e. The van der Waals surface area contributed by atoms with E-state index in [1.807, 2.05) is 46.4 Å². The van der Waals surface area contributed by atoms with E-state index in [-0.39, 0.29) is 23.4 Å². The molecule has 1 N–H and O–H groups in total. The normalized spacial score (nSPS) is 21.3. The standard InChI is InChI=1S/C13H24N2O2.C9H18N2O2/c1-13(2,3)17-12(16)15-9-7-14(8-10-15)11-5-4-6-11;1-9(2,3)13-8(12)11-6-4-10-5-7-11/h11H,4-10H2,1-3H3;10H,4-7H2,1-3H3. The second-order valence-corrected chi connectivity index (χ2v) is 10.3. The van der Waals surface area contributed by atoms with Crippen molar-refractivity contribution in [2.45, 2.75) is 78.0 Å². The van der Waals surface area contributed by atoms with Gasteiger partial charge in [0.1, 0.15) is 11.2 Å². The molecule has 0 unspecified atom stereocenters. The van der Waals surface area contributed by atoms with Crippen molar-refractivity contribution < 1.29 is 19.1 Å². The largest absolute Gasteiger partial charge is 0.444 e. The zero-order valence-electron chi connectivity index (χ0n) is 19.8. The van der Waals surface area contributed by atoms with Crippen LogP contribution in [0.3, 0.4) is 0 Å². The first kappa shape index (κ1) is 24.7. The third-order valence-electron chi connectivity index (χ3n) is 5.33. The summed E-state index contributed by atoms with van der Waals surface area (Å²) in [6.45, 7) is 18.2. The van der Waals surface area contributed by atoms with Gasteiger partial charge in [-0.1, -0.05) is 6.42 Å². The molecular formula is C22H42N4O4. The van der Waals surface area contributed by atoms with Crippen LogP contribution in [0.15, 0.2) is 0 Å². The molecule has 0 atom stereocenters. The van der Waals surface area contributed by atoms with Crippen LogP contribution in [0.1, 0.15) is 60.8 Å². The number of carbonyl (C=O) groups excluding carboxylic acids is 2. The van der Waals surface area contributed by atoms with Gasteiger partial charge in [0.05, 0.1) is 0 Å². The zero-order valence-corrected chi connectivity index (χ0v) is 19.8. The first-order valence-electron chi connectivity index (χ1n) is 11.4. The topological polar surface area (TPSA) is 74.4 Å². The van der Waals surface area contributed by atoms with Gasteiger partial charge < -0.3 is 24.6 Å². The lowest BCUT2D eigenvalue weighted by Crippen LogP contribution is -2.54. The highest BCUT2D eigenvalue weighted by molar-refractivity contribution is 5.68. The van der Waals surface area contributed by atoms with Crippen LogP contribution in [-0.4, -0.2) is 96.5 Å². The smallest absolute Gasteiger partial charge is 0.410 e. The Hall–Kier alpha value is -1.54. The molecule has 3 fully saturated rings. The third kappa shape index (κ3) is 8.68. The van der Waals surface area contributed by atoms with E-state index in [4.69, 9.17) is 9.47 Å². The first-order valence-corrected chi connectivity index (χ1v) is 11.4. The van der Waals surface area contributed by atoms with Gasteiger partial charge in [-0.3, -0.25) is 4.90 Å². The SMILES string of the molecule is CC(C)(C)OC(=O)N1CCN(C2CCC2)CC1.CC(C)(C)OC(=O)N1CCNCC1. The molecule has 0 aromatic carbocycles. The number of hydrogen-bond acceptors (Lipinski definition) is 6. The van der Waals surface area contributed by atoms with Crippen LogP contribution in [-0.2, 0) is 9.47 Å². The van der Waals surface area contributed by atoms with E-state index in [1.54, 1.807) is 4.90 Å². The lowest BCUT2D eigenvalue weighted by molar-refractivity contribution is 0.00503. The van der Waals surface area contributed by atoms with E-state index in [0.717, 1.165) is 58.4 Å². The molecule has 8 heteroatoms. The predicted molar refractivity (Wildman–Crippen MR) is 118 cm³/mol. The second kappa shape index (κ2) is 10.7. The molecule has 2 heterocycles. The van der Waals surface area contributed by atoms with Gasteiger partial charge in [-0.05, 0) is 54.4 Å². The number of nitrogens with one attached hydrogen (secondary N) is 1. The Kier molecular flexibility index (Phi) is 8.79. The van der Waals surface area contributed by atoms with Crippen molar-refractivity contribution in [1.29, 1.82) is 0 Å². The quantitative estimate of drug-likeness (QED) is 0.695. The molecule has 0 radical (unpaired) electrons. The highest BCUT2D eigenvalue weighted by atomic mass is 16.6. The summed E-state index contributed by atoms with van der Waals surface area (Å²) < 4.78 is 10.6. The van der Waals surface area contributed by atoms with Crippen molar-refractivity contribution in [3.05, 3.63) is 0 Å². The van der Waals surface area contributed by atoms with E-state index in [9.17, 15) is 9.59 Å². The van der Waals surface area contributed by atoms with Gasteiger partial charge in [-0.25, -0.2) is 9.59 Å². The number of hydrogen-bond donors (Lipinski definition) is 1. The summed E-state index contributed by atoms with van der Waals surface area (Å²) in [6, 6.07) is 0.788. The van der Waals surface area contributed by atoms with Crippen LogP contribution in [0.5, 0.6) is 0 Å². The van der Waals surface area contributed by atoms with Gasteiger partial charge in [0.15, 0.2) is 0 Å². The van der Waals surface area contributed by atoms with Crippen LogP contribution in [0.2, 0.25) is 0 Å². The fourth-order valence-corrected chi connectivity index (χ4v) is 3.52. The molecule has 0 aromatic rings. The Morgan fingerprint density at radius 2 is 1.17 bits per heavy atom. The zero-order chi connectivity index (χ0) is 22.4. The summed E-state index contributed by atoms with van der Waals surface area (Å²) in [4.78, 5) is 29.4. The maximum atomic E-state index is 11.9. The van der Waals surface area contributed by atoms with Gasteiger partial charge in [-0.15, -0.1) is 0 Å². The average molecular weight is 427 g/mol. The number of carbonyl (C=O) groups is 2. The summed E-state index contributed by atoms with van der Waals surface area (Å²) in [5.74, 6) is 0. The fraction of sp³-hybridized carbons (Fsp3) is 0.909. The molecule has 174 valence electrons. The van der Waals surface area contributed by atoms with Crippen molar-refractivity contribution in [2.24, 2.45) is 0 Å². The van der Waals surface area contributed by atoms with E-state index in [2.05, 4.69) is 10.2 Å². The van der Waals surface area contributed by atoms with Gasteiger partial charge >= 0.3 is 12.2 Å². The summed E-state index contributed by atoms with van der Waals surface area (Å²) in [7, 11) is 0. The summed E-state index contributed by atoms with van der Waals surface area (Å²) in [6.07, 6.45) is 3.69. The fourth-order valence-electron chi connectivity index (χ4n) is 3.52. The molecule has 1 aliphatic carbocycles. The summed E-state index contributed by atoms with van der Waals surface area (Å²) in [5.41, 5.74) is -0.774. The molecule has 0 bridgehead atoms. The van der Waals surface area contributed by atoms with Crippen LogP contribution in [0.4, 0.5) is 9.59 Å². The average Bonchev–Trinajstić information content (AvgIpc) is 2.59. The Labute approximate surface area is 182 Å². The van der Waals surface area contributed by atoms with E-state index in [1.165, 1.54) is 19.3 Å². The maximum absolute atomic E-state index is 11.9. The molecule has 1 saturated carbocycles. The van der Waals surface area contributed by atoms with Crippen molar-refractivity contribution in [3.63, 3.8) is 0 Å². The lowest BCUT2D eigenvalue weighted by atomic mass is 9.91. The molecule has 8 nitrogen and oxygen atoms in total. The maximum Gasteiger partial charge on any atom is 0.410 e. The number of amides is 2. The Morgan fingerprint density at radius 1 is 0.733 bits per heavy atom. The monoisotopic (exact) mass is 426 g/mol. The Balaban J connectivity index is 0.000000222. The van der Waals surface area contributed by atoms with Crippen LogP contribution in [0.25, 0.3) is 0 Å². The van der Waals surface area contributed by atoms with E-state index in [0.29, 0.717) is 0 Å². The molecule has 30 heavy (non-hydrogen) atoms. The number of rotatable bonds is 1. The number of ether oxygens (including phenoxy) is 2. The number of nitrogens with zero attached hydrogens (tertiary/aromatic N) is 3. The van der Waals surface area contributed by atoms with Gasteiger partial charge in [-0.2, -0.15) is 0 Å². The van der Waals surface area contributed by atoms with E-state index >= 15 is 0 Å². The third-order valence-corrected chi connectivity index (χ3v) is 5.33. The van der Waals surface area contributed by atoms with E-state index < -0.39 is 0 Å². The molecule has 2 amide bonds. The summed E-state index contributed by atoms with van der Waals surface area (Å²) >= 11 is 0.